The summed E-state index contributed by atoms with van der Waals surface area (Å²) in [5.41, 5.74) is 0.312. The number of amidine groups is 1. The molecule has 2 atom stereocenters. The Kier molecular flexibility index (Phi) is 6.33. The Morgan fingerprint density at radius 1 is 1.25 bits per heavy atom. The lowest BCUT2D eigenvalue weighted by atomic mass is 10.2. The van der Waals surface area contributed by atoms with Crippen molar-refractivity contribution in [2.75, 3.05) is 18.5 Å². The monoisotopic (exact) mass is 407 g/mol. The minimum Gasteiger partial charge on any atom is -0.455 e. The molecule has 0 bridgehead atoms. The Hall–Kier alpha value is -2.42. The van der Waals surface area contributed by atoms with Gasteiger partial charge in [-0.05, 0) is 43.4 Å². The number of carbonyl (C=O) groups is 2. The Morgan fingerprint density at radius 2 is 2.04 bits per heavy atom. The predicted octanol–water partition coefficient (Wildman–Crippen LogP) is 2.08. The van der Waals surface area contributed by atoms with E-state index in [0.717, 1.165) is 25.7 Å². The van der Waals surface area contributed by atoms with Gasteiger partial charge in [-0.25, -0.2) is 8.42 Å². The smallest absolute Gasteiger partial charge is 0.309 e. The summed E-state index contributed by atoms with van der Waals surface area (Å²) < 4.78 is 32.7. The molecule has 1 fully saturated rings. The van der Waals surface area contributed by atoms with Crippen molar-refractivity contribution in [2.45, 2.75) is 43.9 Å². The van der Waals surface area contributed by atoms with Crippen molar-refractivity contribution in [3.63, 3.8) is 0 Å². The summed E-state index contributed by atoms with van der Waals surface area (Å²) in [6.07, 6.45) is 4.27. The first-order chi connectivity index (χ1) is 13.3. The van der Waals surface area contributed by atoms with Gasteiger partial charge in [-0.15, -0.1) is 0 Å². The average molecular weight is 407 g/mol. The summed E-state index contributed by atoms with van der Waals surface area (Å²) in [7, 11) is -3.79. The molecular formula is C19H25N3O5S. The second-order valence-electron chi connectivity index (χ2n) is 7.25. The van der Waals surface area contributed by atoms with E-state index in [0.29, 0.717) is 30.4 Å². The fraction of sp³-hybridized carbons (Fsp3) is 0.526. The van der Waals surface area contributed by atoms with E-state index in [4.69, 9.17) is 4.74 Å². The summed E-state index contributed by atoms with van der Waals surface area (Å²) in [5, 5.41) is 2.56. The molecule has 3 rings (SSSR count). The molecule has 2 N–H and O–H groups in total. The molecule has 9 heteroatoms. The number of nitrogens with one attached hydrogen (secondary N) is 2. The van der Waals surface area contributed by atoms with E-state index >= 15 is 0 Å². The molecule has 1 saturated carbocycles. The van der Waals surface area contributed by atoms with E-state index in [-0.39, 0.29) is 16.8 Å². The highest BCUT2D eigenvalue weighted by Gasteiger charge is 2.40. The minimum atomic E-state index is -3.79. The molecule has 1 heterocycles. The third-order valence-electron chi connectivity index (χ3n) is 4.81. The quantitative estimate of drug-likeness (QED) is 0.701. The average Bonchev–Trinajstić information content (AvgIpc) is 3.43. The maximum atomic E-state index is 12.6. The van der Waals surface area contributed by atoms with Gasteiger partial charge in [-0.1, -0.05) is 19.4 Å². The van der Waals surface area contributed by atoms with Crippen molar-refractivity contribution < 1.29 is 22.7 Å². The molecule has 1 aromatic carbocycles. The van der Waals surface area contributed by atoms with E-state index in [1.807, 2.05) is 6.92 Å². The lowest BCUT2D eigenvalue weighted by molar-refractivity contribution is -0.148. The minimum absolute atomic E-state index is 0.0287. The molecule has 1 aromatic rings. The highest BCUT2D eigenvalue weighted by Crippen LogP contribution is 2.38. The number of amides is 1. The number of ether oxygens (including phenoxy) is 1. The lowest BCUT2D eigenvalue weighted by Gasteiger charge is -2.11. The largest absolute Gasteiger partial charge is 0.455 e. The molecule has 1 amide bonds. The number of nitrogens with zero attached hydrogens (tertiary/aromatic N) is 1. The summed E-state index contributed by atoms with van der Waals surface area (Å²) in [4.78, 5) is 28.0. The van der Waals surface area contributed by atoms with Gasteiger partial charge in [0, 0.05) is 18.7 Å². The number of hydrogen-bond donors (Lipinski definition) is 2. The van der Waals surface area contributed by atoms with E-state index in [9.17, 15) is 18.0 Å². The fourth-order valence-corrected chi connectivity index (χ4v) is 4.14. The number of anilines is 1. The summed E-state index contributed by atoms with van der Waals surface area (Å²) in [6, 6.07) is 5.92. The zero-order valence-electron chi connectivity index (χ0n) is 15.8. The van der Waals surface area contributed by atoms with Crippen LogP contribution in [0.1, 0.15) is 39.0 Å². The van der Waals surface area contributed by atoms with Gasteiger partial charge in [0.1, 0.15) is 5.84 Å². The van der Waals surface area contributed by atoms with Crippen molar-refractivity contribution in [2.24, 2.45) is 16.8 Å². The third kappa shape index (κ3) is 5.54. The fourth-order valence-electron chi connectivity index (χ4n) is 3.00. The molecule has 2 aliphatic rings. The molecule has 0 spiro atoms. The van der Waals surface area contributed by atoms with Gasteiger partial charge < -0.3 is 10.1 Å². The normalized spacial score (nSPS) is 21.8. The molecule has 0 unspecified atom stereocenters. The van der Waals surface area contributed by atoms with Crippen LogP contribution >= 0.6 is 0 Å². The Bertz CT molecular complexity index is 881. The number of sulfonamides is 1. The number of hydrogen-bond acceptors (Lipinski definition) is 6. The summed E-state index contributed by atoms with van der Waals surface area (Å²) >= 11 is 0. The Morgan fingerprint density at radius 3 is 2.79 bits per heavy atom. The van der Waals surface area contributed by atoms with Gasteiger partial charge in [0.2, 0.25) is 0 Å². The van der Waals surface area contributed by atoms with E-state index in [2.05, 4.69) is 15.0 Å². The first kappa shape index (κ1) is 20.3. The number of rotatable bonds is 6. The van der Waals surface area contributed by atoms with Crippen molar-refractivity contribution in [1.82, 2.24) is 4.72 Å². The van der Waals surface area contributed by atoms with E-state index in [1.165, 1.54) is 18.2 Å². The van der Waals surface area contributed by atoms with Crippen LogP contribution in [-0.2, 0) is 24.3 Å². The maximum Gasteiger partial charge on any atom is 0.309 e. The number of benzene rings is 1. The Balaban J connectivity index is 1.58. The van der Waals surface area contributed by atoms with E-state index in [1.54, 1.807) is 6.07 Å². The maximum absolute atomic E-state index is 12.6. The van der Waals surface area contributed by atoms with Crippen LogP contribution in [0.3, 0.4) is 0 Å². The standard InChI is InChI=1S/C19H25N3O5S/c1-13-10-16(13)19(24)27-12-18(23)21-14-6-5-7-15(11-14)28(25,26)22-17-8-3-2-4-9-20-17/h5-7,11,13,16H,2-4,8-10,12H2,1H3,(H,20,22)(H,21,23)/t13-,16+/m1/s1. The molecular weight excluding hydrogens is 382 g/mol. The lowest BCUT2D eigenvalue weighted by Crippen LogP contribution is -2.30. The van der Waals surface area contributed by atoms with Crippen molar-refractivity contribution >= 4 is 33.4 Å². The van der Waals surface area contributed by atoms with Crippen LogP contribution in [0.2, 0.25) is 0 Å². The van der Waals surface area contributed by atoms with Crippen LogP contribution in [0.25, 0.3) is 0 Å². The van der Waals surface area contributed by atoms with Crippen molar-refractivity contribution in [1.29, 1.82) is 0 Å². The van der Waals surface area contributed by atoms with Gasteiger partial charge >= 0.3 is 5.97 Å². The zero-order chi connectivity index (χ0) is 20.1. The molecule has 28 heavy (non-hydrogen) atoms. The van der Waals surface area contributed by atoms with Crippen LogP contribution in [0, 0.1) is 11.8 Å². The highest BCUT2D eigenvalue weighted by atomic mass is 32.2. The molecule has 0 aromatic heterocycles. The number of aliphatic imine (C=N–C) groups is 1. The third-order valence-corrected chi connectivity index (χ3v) is 6.19. The predicted molar refractivity (Wildman–Crippen MR) is 104 cm³/mol. The van der Waals surface area contributed by atoms with E-state index < -0.39 is 22.5 Å². The van der Waals surface area contributed by atoms with Crippen LogP contribution in [-0.4, -0.2) is 39.3 Å². The zero-order valence-corrected chi connectivity index (χ0v) is 16.6. The Labute approximate surface area is 164 Å². The SMILES string of the molecule is C[C@@H]1C[C@@H]1C(=O)OCC(=O)Nc1cccc(S(=O)(=O)NC2=NCCCCC2)c1. The van der Waals surface area contributed by atoms with Gasteiger partial charge in [-0.2, -0.15) is 0 Å². The molecule has 0 saturated heterocycles. The molecule has 152 valence electrons. The van der Waals surface area contributed by atoms with Crippen molar-refractivity contribution in [3.8, 4) is 0 Å². The van der Waals surface area contributed by atoms with Gasteiger partial charge in [0.15, 0.2) is 6.61 Å². The highest BCUT2D eigenvalue weighted by molar-refractivity contribution is 7.90. The van der Waals surface area contributed by atoms with Gasteiger partial charge in [0.05, 0.1) is 10.8 Å². The molecule has 1 aliphatic carbocycles. The first-order valence-corrected chi connectivity index (χ1v) is 11.0. The molecule has 8 nitrogen and oxygen atoms in total. The van der Waals surface area contributed by atoms with Crippen LogP contribution in [0.4, 0.5) is 5.69 Å². The summed E-state index contributed by atoms with van der Waals surface area (Å²) in [5.74, 6) is -0.222. The summed E-state index contributed by atoms with van der Waals surface area (Å²) in [6.45, 7) is 2.17. The number of carbonyl (C=O) groups excluding carboxylic acids is 2. The van der Waals surface area contributed by atoms with Crippen LogP contribution in [0.5, 0.6) is 0 Å². The van der Waals surface area contributed by atoms with Crippen LogP contribution in [0.15, 0.2) is 34.2 Å². The topological polar surface area (TPSA) is 114 Å². The van der Waals surface area contributed by atoms with Crippen molar-refractivity contribution in [3.05, 3.63) is 24.3 Å². The first-order valence-electron chi connectivity index (χ1n) is 9.48. The van der Waals surface area contributed by atoms with Gasteiger partial charge in [-0.3, -0.25) is 19.3 Å². The number of esters is 1. The second-order valence-corrected chi connectivity index (χ2v) is 8.93. The molecule has 0 radical (unpaired) electrons. The second kappa shape index (κ2) is 8.72. The van der Waals surface area contributed by atoms with Gasteiger partial charge in [0.25, 0.3) is 15.9 Å². The molecule has 1 aliphatic heterocycles. The van der Waals surface area contributed by atoms with Crippen LogP contribution < -0.4 is 10.0 Å².